The summed E-state index contributed by atoms with van der Waals surface area (Å²) >= 11 is 1.20. The molecule has 0 unspecified atom stereocenters. The van der Waals surface area contributed by atoms with E-state index in [1.807, 2.05) is 42.5 Å². The fourth-order valence-electron chi connectivity index (χ4n) is 2.80. The standard InChI is InChI=1S/C18H19N3O2S/c1-3-20(4-2)14-9-7-8-13(12-14)19-17-15-10-5-6-11-16(15)24-18(17)21(22)23/h5-12,19H,3-4H2,1-2H3. The van der Waals surface area contributed by atoms with Crippen LogP contribution in [-0.4, -0.2) is 18.0 Å². The van der Waals surface area contributed by atoms with Crippen LogP contribution >= 0.6 is 11.3 Å². The Hall–Kier alpha value is -2.60. The topological polar surface area (TPSA) is 58.4 Å². The highest BCUT2D eigenvalue weighted by Gasteiger charge is 2.21. The molecule has 1 N–H and O–H groups in total. The summed E-state index contributed by atoms with van der Waals surface area (Å²) < 4.78 is 0.909. The van der Waals surface area contributed by atoms with E-state index in [1.54, 1.807) is 0 Å². The second kappa shape index (κ2) is 6.88. The number of hydrogen-bond acceptors (Lipinski definition) is 5. The molecular formula is C18H19N3O2S. The monoisotopic (exact) mass is 341 g/mol. The predicted molar refractivity (Wildman–Crippen MR) is 102 cm³/mol. The largest absolute Gasteiger partial charge is 0.372 e. The van der Waals surface area contributed by atoms with Crippen LogP contribution in [0.15, 0.2) is 48.5 Å². The van der Waals surface area contributed by atoms with Crippen molar-refractivity contribution in [1.82, 2.24) is 0 Å². The van der Waals surface area contributed by atoms with Crippen LogP contribution in [-0.2, 0) is 0 Å². The summed E-state index contributed by atoms with van der Waals surface area (Å²) in [6, 6.07) is 15.6. The van der Waals surface area contributed by atoms with Crippen LogP contribution in [0.25, 0.3) is 10.1 Å². The molecule has 24 heavy (non-hydrogen) atoms. The van der Waals surface area contributed by atoms with Crippen LogP contribution < -0.4 is 10.2 Å². The molecule has 0 aliphatic rings. The predicted octanol–water partition coefficient (Wildman–Crippen LogP) is 5.40. The van der Waals surface area contributed by atoms with Gasteiger partial charge in [-0.2, -0.15) is 0 Å². The number of nitrogens with one attached hydrogen (secondary N) is 1. The normalized spacial score (nSPS) is 10.8. The summed E-state index contributed by atoms with van der Waals surface area (Å²) in [5, 5.41) is 15.7. The lowest BCUT2D eigenvalue weighted by atomic mass is 10.2. The molecule has 0 aliphatic heterocycles. The van der Waals surface area contributed by atoms with Gasteiger partial charge in [-0.15, -0.1) is 0 Å². The minimum Gasteiger partial charge on any atom is -0.372 e. The summed E-state index contributed by atoms with van der Waals surface area (Å²) in [6.07, 6.45) is 0. The van der Waals surface area contributed by atoms with E-state index in [2.05, 4.69) is 30.1 Å². The average Bonchev–Trinajstić information content (AvgIpc) is 2.95. The van der Waals surface area contributed by atoms with Gasteiger partial charge in [-0.1, -0.05) is 35.6 Å². The van der Waals surface area contributed by atoms with Crippen molar-refractivity contribution in [2.75, 3.05) is 23.3 Å². The smallest absolute Gasteiger partial charge is 0.348 e. The highest BCUT2D eigenvalue weighted by Crippen LogP contribution is 2.43. The highest BCUT2D eigenvalue weighted by molar-refractivity contribution is 7.23. The first-order chi connectivity index (χ1) is 11.6. The maximum atomic E-state index is 11.4. The van der Waals surface area contributed by atoms with Crippen molar-refractivity contribution in [3.05, 3.63) is 58.6 Å². The zero-order chi connectivity index (χ0) is 17.1. The SMILES string of the molecule is CCN(CC)c1cccc(Nc2c([N+](=O)[O-])sc3ccccc23)c1. The molecule has 0 bridgehead atoms. The zero-order valence-electron chi connectivity index (χ0n) is 13.7. The zero-order valence-corrected chi connectivity index (χ0v) is 14.5. The van der Waals surface area contributed by atoms with E-state index in [4.69, 9.17) is 0 Å². The first-order valence-electron chi connectivity index (χ1n) is 7.92. The number of fused-ring (bicyclic) bond motifs is 1. The van der Waals surface area contributed by atoms with Crippen molar-refractivity contribution >= 4 is 43.5 Å². The molecule has 6 heteroatoms. The van der Waals surface area contributed by atoms with E-state index in [9.17, 15) is 10.1 Å². The van der Waals surface area contributed by atoms with Gasteiger partial charge in [-0.25, -0.2) is 0 Å². The van der Waals surface area contributed by atoms with E-state index < -0.39 is 0 Å². The molecule has 0 aliphatic carbocycles. The molecule has 0 radical (unpaired) electrons. The molecule has 0 amide bonds. The van der Waals surface area contributed by atoms with Crippen molar-refractivity contribution in [2.45, 2.75) is 13.8 Å². The summed E-state index contributed by atoms with van der Waals surface area (Å²) in [4.78, 5) is 13.3. The molecule has 0 atom stereocenters. The summed E-state index contributed by atoms with van der Waals surface area (Å²) in [5.41, 5.74) is 2.52. The van der Waals surface area contributed by atoms with Gasteiger partial charge in [0.15, 0.2) is 0 Å². The van der Waals surface area contributed by atoms with Crippen molar-refractivity contribution in [2.24, 2.45) is 0 Å². The molecule has 1 aromatic heterocycles. The molecule has 1 heterocycles. The summed E-state index contributed by atoms with van der Waals surface area (Å²) in [7, 11) is 0. The fraction of sp³-hybridized carbons (Fsp3) is 0.222. The van der Waals surface area contributed by atoms with Gasteiger partial charge in [0.05, 0.1) is 4.92 Å². The maximum absolute atomic E-state index is 11.4. The Bertz CT molecular complexity index is 872. The third-order valence-electron chi connectivity index (χ3n) is 3.99. The number of rotatable bonds is 6. The molecule has 124 valence electrons. The van der Waals surface area contributed by atoms with Gasteiger partial charge >= 0.3 is 5.00 Å². The second-order valence-electron chi connectivity index (χ2n) is 5.38. The number of thiophene rings is 1. The van der Waals surface area contributed by atoms with Gasteiger partial charge in [0.2, 0.25) is 0 Å². The molecule has 0 saturated carbocycles. The lowest BCUT2D eigenvalue weighted by Crippen LogP contribution is -2.21. The van der Waals surface area contributed by atoms with Gasteiger partial charge < -0.3 is 10.2 Å². The molecule has 2 aromatic carbocycles. The summed E-state index contributed by atoms with van der Waals surface area (Å²) in [6.45, 7) is 6.06. The van der Waals surface area contributed by atoms with E-state index in [0.29, 0.717) is 5.69 Å². The third-order valence-corrected chi connectivity index (χ3v) is 5.11. The molecule has 3 aromatic rings. The lowest BCUT2D eigenvalue weighted by molar-refractivity contribution is -0.379. The minimum atomic E-state index is -0.318. The van der Waals surface area contributed by atoms with E-state index in [0.717, 1.165) is 34.6 Å². The van der Waals surface area contributed by atoms with Crippen molar-refractivity contribution in [1.29, 1.82) is 0 Å². The first kappa shape index (κ1) is 16.3. The van der Waals surface area contributed by atoms with Gasteiger partial charge in [0.1, 0.15) is 5.69 Å². The minimum absolute atomic E-state index is 0.143. The molecular weight excluding hydrogens is 322 g/mol. The number of benzene rings is 2. The van der Waals surface area contributed by atoms with Crippen molar-refractivity contribution in [3.8, 4) is 0 Å². The third kappa shape index (κ3) is 3.05. The Morgan fingerprint density at radius 3 is 2.58 bits per heavy atom. The Balaban J connectivity index is 2.02. The highest BCUT2D eigenvalue weighted by atomic mass is 32.1. The van der Waals surface area contributed by atoms with Gasteiger partial charge in [0.25, 0.3) is 0 Å². The van der Waals surface area contributed by atoms with Crippen LogP contribution in [0.4, 0.5) is 22.1 Å². The maximum Gasteiger partial charge on any atom is 0.348 e. The summed E-state index contributed by atoms with van der Waals surface area (Å²) in [5.74, 6) is 0. The van der Waals surface area contributed by atoms with E-state index in [-0.39, 0.29) is 9.92 Å². The molecule has 0 fully saturated rings. The number of nitrogens with zero attached hydrogens (tertiary/aromatic N) is 2. The van der Waals surface area contributed by atoms with E-state index >= 15 is 0 Å². The molecule has 0 spiro atoms. The Kier molecular flexibility index (Phi) is 4.66. The Morgan fingerprint density at radius 2 is 1.88 bits per heavy atom. The van der Waals surface area contributed by atoms with Crippen LogP contribution in [0.1, 0.15) is 13.8 Å². The molecule has 5 nitrogen and oxygen atoms in total. The van der Waals surface area contributed by atoms with Gasteiger partial charge in [-0.05, 0) is 38.1 Å². The first-order valence-corrected chi connectivity index (χ1v) is 8.73. The number of nitro groups is 1. The quantitative estimate of drug-likeness (QED) is 0.482. The lowest BCUT2D eigenvalue weighted by Gasteiger charge is -2.21. The second-order valence-corrected chi connectivity index (χ2v) is 6.41. The Morgan fingerprint density at radius 1 is 1.12 bits per heavy atom. The van der Waals surface area contributed by atoms with Crippen LogP contribution in [0.3, 0.4) is 0 Å². The number of anilines is 3. The van der Waals surface area contributed by atoms with Gasteiger partial charge in [0, 0.05) is 34.6 Å². The van der Waals surface area contributed by atoms with Crippen LogP contribution in [0, 0.1) is 10.1 Å². The molecule has 0 saturated heterocycles. The Labute approximate surface area is 144 Å². The van der Waals surface area contributed by atoms with Crippen LogP contribution in [0.2, 0.25) is 0 Å². The van der Waals surface area contributed by atoms with E-state index in [1.165, 1.54) is 11.3 Å². The van der Waals surface area contributed by atoms with Crippen molar-refractivity contribution in [3.63, 3.8) is 0 Å². The average molecular weight is 341 g/mol. The van der Waals surface area contributed by atoms with Gasteiger partial charge in [-0.3, -0.25) is 10.1 Å². The van der Waals surface area contributed by atoms with Crippen molar-refractivity contribution < 1.29 is 4.92 Å². The molecule has 3 rings (SSSR count). The number of hydrogen-bond donors (Lipinski definition) is 1. The fourth-order valence-corrected chi connectivity index (χ4v) is 3.77. The van der Waals surface area contributed by atoms with Crippen LogP contribution in [0.5, 0.6) is 0 Å².